The minimum atomic E-state index is 0.0242. The lowest BCUT2D eigenvalue weighted by atomic mass is 10.1. The Labute approximate surface area is 142 Å². The fraction of sp³-hybridized carbons (Fsp3) is 0.500. The number of aliphatic hydroxyl groups excluding tert-OH is 1. The normalized spacial score (nSPS) is 14.1. The van der Waals surface area contributed by atoms with Crippen LogP contribution in [0.15, 0.2) is 35.7 Å². The molecule has 126 valence electrons. The quantitative estimate of drug-likeness (QED) is 0.761. The molecule has 4 nitrogen and oxygen atoms in total. The summed E-state index contributed by atoms with van der Waals surface area (Å²) in [7, 11) is 1.70. The molecule has 0 aliphatic rings. The highest BCUT2D eigenvalue weighted by Gasteiger charge is 2.19. The average molecular weight is 334 g/mol. The summed E-state index contributed by atoms with van der Waals surface area (Å²) in [5.74, 6) is 0. The number of hydrogen-bond donors (Lipinski definition) is 1. The Morgan fingerprint density at radius 1 is 1.26 bits per heavy atom. The van der Waals surface area contributed by atoms with E-state index in [9.17, 15) is 5.11 Å². The first-order chi connectivity index (χ1) is 11.2. The maximum Gasteiger partial charge on any atom is 0.122 e. The summed E-state index contributed by atoms with van der Waals surface area (Å²) in [5, 5.41) is 12.8. The van der Waals surface area contributed by atoms with Crippen molar-refractivity contribution >= 4 is 11.3 Å². The maximum absolute atomic E-state index is 9.70. The Morgan fingerprint density at radius 2 is 2.00 bits per heavy atom. The Kier molecular flexibility index (Phi) is 7.17. The number of ether oxygens (including phenoxy) is 1. The molecule has 0 fully saturated rings. The van der Waals surface area contributed by atoms with E-state index in [1.165, 1.54) is 5.56 Å². The number of nitrogens with zero attached hydrogens (tertiary/aromatic N) is 2. The molecule has 0 saturated carbocycles. The van der Waals surface area contributed by atoms with Crippen molar-refractivity contribution in [2.24, 2.45) is 0 Å². The fourth-order valence-corrected chi connectivity index (χ4v) is 3.37. The van der Waals surface area contributed by atoms with Crippen molar-refractivity contribution in [3.05, 3.63) is 52.0 Å². The number of aliphatic hydroxyl groups is 1. The Hall–Kier alpha value is -1.27. The zero-order valence-electron chi connectivity index (χ0n) is 14.1. The van der Waals surface area contributed by atoms with Crippen molar-refractivity contribution in [3.63, 3.8) is 0 Å². The summed E-state index contributed by atoms with van der Waals surface area (Å²) < 4.78 is 5.33. The summed E-state index contributed by atoms with van der Waals surface area (Å²) >= 11 is 1.63. The van der Waals surface area contributed by atoms with Gasteiger partial charge < -0.3 is 9.84 Å². The first-order valence-electron chi connectivity index (χ1n) is 8.03. The molecule has 2 aromatic rings. The van der Waals surface area contributed by atoms with Gasteiger partial charge in [0.15, 0.2) is 0 Å². The Morgan fingerprint density at radius 3 is 2.61 bits per heavy atom. The number of hydrogen-bond acceptors (Lipinski definition) is 5. The molecule has 1 aromatic heterocycles. The summed E-state index contributed by atoms with van der Waals surface area (Å²) in [6.07, 6.45) is 0.936. The maximum atomic E-state index is 9.70. The number of benzene rings is 1. The average Bonchev–Trinajstić information content (AvgIpc) is 3.04. The van der Waals surface area contributed by atoms with Crippen LogP contribution in [-0.2, 0) is 17.8 Å². The van der Waals surface area contributed by atoms with E-state index in [0.29, 0.717) is 0 Å². The third-order valence-electron chi connectivity index (χ3n) is 4.06. The monoisotopic (exact) mass is 334 g/mol. The summed E-state index contributed by atoms with van der Waals surface area (Å²) in [5.41, 5.74) is 2.29. The highest BCUT2D eigenvalue weighted by Crippen LogP contribution is 2.22. The van der Waals surface area contributed by atoms with Gasteiger partial charge in [-0.15, -0.1) is 11.3 Å². The second-order valence-corrected chi connectivity index (χ2v) is 6.58. The molecule has 0 bridgehead atoms. The molecule has 1 N–H and O–H groups in total. The van der Waals surface area contributed by atoms with Crippen LogP contribution in [-0.4, -0.2) is 34.7 Å². The molecule has 0 aliphatic carbocycles. The van der Waals surface area contributed by atoms with Gasteiger partial charge in [0.25, 0.3) is 0 Å². The van der Waals surface area contributed by atoms with Crippen LogP contribution in [0, 0.1) is 0 Å². The molecule has 0 amide bonds. The van der Waals surface area contributed by atoms with Gasteiger partial charge in [-0.1, -0.05) is 37.3 Å². The zero-order valence-corrected chi connectivity index (χ0v) is 14.9. The van der Waals surface area contributed by atoms with Gasteiger partial charge in [-0.05, 0) is 18.9 Å². The minimum absolute atomic E-state index is 0.0242. The second kappa shape index (κ2) is 9.13. The first-order valence-corrected chi connectivity index (χ1v) is 8.91. The predicted molar refractivity (Wildman–Crippen MR) is 94.4 cm³/mol. The van der Waals surface area contributed by atoms with Crippen molar-refractivity contribution < 1.29 is 9.84 Å². The van der Waals surface area contributed by atoms with Crippen molar-refractivity contribution in [2.75, 3.05) is 13.7 Å². The summed E-state index contributed by atoms with van der Waals surface area (Å²) in [6.45, 7) is 5.83. The standard InChI is InChI=1S/C18H26N2O2S/c1-4-17(12-21)20(10-15-8-6-5-7-9-15)11-16-13-23-18(19-16)14(2)22-3/h5-9,13-14,17,21H,4,10-12H2,1-3H3/t14-,17-/m0/s1. The number of thiazole rings is 1. The van der Waals surface area contributed by atoms with Gasteiger partial charge in [0.05, 0.1) is 12.3 Å². The number of rotatable bonds is 9. The van der Waals surface area contributed by atoms with Gasteiger partial charge in [-0.25, -0.2) is 4.98 Å². The van der Waals surface area contributed by atoms with Crippen LogP contribution in [0.25, 0.3) is 0 Å². The molecule has 1 heterocycles. The van der Waals surface area contributed by atoms with Crippen LogP contribution in [0.1, 0.15) is 42.6 Å². The van der Waals surface area contributed by atoms with Gasteiger partial charge in [0.2, 0.25) is 0 Å². The smallest absolute Gasteiger partial charge is 0.122 e. The topological polar surface area (TPSA) is 45.6 Å². The van der Waals surface area contributed by atoms with Crippen LogP contribution < -0.4 is 0 Å². The molecule has 2 atom stereocenters. The van der Waals surface area contributed by atoms with Crippen molar-refractivity contribution in [2.45, 2.75) is 45.5 Å². The summed E-state index contributed by atoms with van der Waals surface area (Å²) in [6, 6.07) is 10.5. The minimum Gasteiger partial charge on any atom is -0.395 e. The second-order valence-electron chi connectivity index (χ2n) is 5.69. The Balaban J connectivity index is 2.12. The lowest BCUT2D eigenvalue weighted by Gasteiger charge is -2.29. The van der Waals surface area contributed by atoms with Gasteiger partial charge in [0.1, 0.15) is 11.1 Å². The number of aromatic nitrogens is 1. The zero-order chi connectivity index (χ0) is 16.7. The first kappa shape index (κ1) is 18.1. The third-order valence-corrected chi connectivity index (χ3v) is 5.12. The summed E-state index contributed by atoms with van der Waals surface area (Å²) in [4.78, 5) is 6.98. The molecule has 2 rings (SSSR count). The molecule has 0 spiro atoms. The van der Waals surface area contributed by atoms with Crippen LogP contribution in [0.3, 0.4) is 0 Å². The van der Waals surface area contributed by atoms with E-state index >= 15 is 0 Å². The molecule has 0 aliphatic heterocycles. The van der Waals surface area contributed by atoms with E-state index in [0.717, 1.165) is 30.2 Å². The lowest BCUT2D eigenvalue weighted by Crippen LogP contribution is -2.36. The van der Waals surface area contributed by atoms with Crippen molar-refractivity contribution in [1.82, 2.24) is 9.88 Å². The fourth-order valence-electron chi connectivity index (χ4n) is 2.53. The van der Waals surface area contributed by atoms with E-state index in [1.807, 2.05) is 13.0 Å². The van der Waals surface area contributed by atoms with E-state index < -0.39 is 0 Å². The molecule has 23 heavy (non-hydrogen) atoms. The van der Waals surface area contributed by atoms with Crippen LogP contribution in [0.5, 0.6) is 0 Å². The van der Waals surface area contributed by atoms with E-state index in [1.54, 1.807) is 18.4 Å². The number of methoxy groups -OCH3 is 1. The van der Waals surface area contributed by atoms with Crippen molar-refractivity contribution in [1.29, 1.82) is 0 Å². The van der Waals surface area contributed by atoms with Crippen LogP contribution in [0.2, 0.25) is 0 Å². The Bertz CT molecular complexity index is 569. The van der Waals surface area contributed by atoms with Gasteiger partial charge in [-0.3, -0.25) is 4.90 Å². The van der Waals surface area contributed by atoms with Crippen molar-refractivity contribution in [3.8, 4) is 0 Å². The van der Waals surface area contributed by atoms with Crippen LogP contribution >= 0.6 is 11.3 Å². The molecular formula is C18H26N2O2S. The SMILES string of the molecule is CC[C@@H](CO)N(Cc1ccccc1)Cc1csc([C@H](C)OC)n1. The third kappa shape index (κ3) is 5.11. The van der Waals surface area contributed by atoms with E-state index in [2.05, 4.69) is 46.5 Å². The highest BCUT2D eigenvalue weighted by atomic mass is 32.1. The largest absolute Gasteiger partial charge is 0.395 e. The van der Waals surface area contributed by atoms with Gasteiger partial charge in [-0.2, -0.15) is 0 Å². The highest BCUT2D eigenvalue weighted by molar-refractivity contribution is 7.09. The predicted octanol–water partition coefficient (Wildman–Crippen LogP) is 3.62. The van der Waals surface area contributed by atoms with Gasteiger partial charge in [0, 0.05) is 31.6 Å². The van der Waals surface area contributed by atoms with Crippen LogP contribution in [0.4, 0.5) is 0 Å². The van der Waals surface area contributed by atoms with E-state index in [4.69, 9.17) is 4.74 Å². The molecule has 0 saturated heterocycles. The molecule has 0 unspecified atom stereocenters. The molecule has 0 radical (unpaired) electrons. The lowest BCUT2D eigenvalue weighted by molar-refractivity contribution is 0.104. The van der Waals surface area contributed by atoms with Gasteiger partial charge >= 0.3 is 0 Å². The molecular weight excluding hydrogens is 308 g/mol. The molecule has 1 aromatic carbocycles. The van der Waals surface area contributed by atoms with E-state index in [-0.39, 0.29) is 18.8 Å². The molecule has 5 heteroatoms.